The summed E-state index contributed by atoms with van der Waals surface area (Å²) in [5, 5.41) is 8.59. The number of hydrogen-bond acceptors (Lipinski definition) is 2. The number of nitriles is 1. The van der Waals surface area contributed by atoms with Crippen molar-refractivity contribution in [1.82, 2.24) is 4.90 Å². The summed E-state index contributed by atoms with van der Waals surface area (Å²) in [5.74, 6) is -1.73. The zero-order chi connectivity index (χ0) is 14.6. The maximum Gasteiger partial charge on any atom is 0.391 e. The molecule has 0 aromatic rings. The van der Waals surface area contributed by atoms with Gasteiger partial charge < -0.3 is 4.90 Å². The second kappa shape index (κ2) is 6.27. The summed E-state index contributed by atoms with van der Waals surface area (Å²) in [7, 11) is 1.61. The highest BCUT2D eigenvalue weighted by atomic mass is 19.4. The van der Waals surface area contributed by atoms with E-state index < -0.39 is 12.1 Å². The van der Waals surface area contributed by atoms with Crippen LogP contribution in [0.15, 0.2) is 0 Å². The van der Waals surface area contributed by atoms with Crippen LogP contribution in [0.1, 0.15) is 39.0 Å². The maximum atomic E-state index is 12.5. The highest BCUT2D eigenvalue weighted by Gasteiger charge is 2.42. The van der Waals surface area contributed by atoms with Crippen molar-refractivity contribution in [1.29, 1.82) is 5.26 Å². The van der Waals surface area contributed by atoms with Crippen molar-refractivity contribution in [2.45, 2.75) is 51.2 Å². The van der Waals surface area contributed by atoms with Gasteiger partial charge >= 0.3 is 6.18 Å². The summed E-state index contributed by atoms with van der Waals surface area (Å²) in [5.41, 5.74) is 0. The van der Waals surface area contributed by atoms with E-state index in [0.717, 1.165) is 0 Å². The normalized spacial score (nSPS) is 25.5. The van der Waals surface area contributed by atoms with Crippen LogP contribution in [0.3, 0.4) is 0 Å². The number of carbonyl (C=O) groups excluding carboxylic acids is 1. The third-order valence-corrected chi connectivity index (χ3v) is 3.93. The smallest absolute Gasteiger partial charge is 0.342 e. The van der Waals surface area contributed by atoms with Crippen molar-refractivity contribution < 1.29 is 18.0 Å². The highest BCUT2D eigenvalue weighted by Crippen LogP contribution is 2.39. The van der Waals surface area contributed by atoms with E-state index in [9.17, 15) is 18.0 Å². The van der Waals surface area contributed by atoms with E-state index >= 15 is 0 Å². The van der Waals surface area contributed by atoms with Gasteiger partial charge in [-0.1, -0.05) is 0 Å². The zero-order valence-corrected chi connectivity index (χ0v) is 11.2. The van der Waals surface area contributed by atoms with Crippen LogP contribution >= 0.6 is 0 Å². The summed E-state index contributed by atoms with van der Waals surface area (Å²) in [4.78, 5) is 13.6. The lowest BCUT2D eigenvalue weighted by molar-refractivity contribution is -0.185. The molecule has 0 N–H and O–H groups in total. The quantitative estimate of drug-likeness (QED) is 0.795. The van der Waals surface area contributed by atoms with E-state index in [1.807, 2.05) is 6.07 Å². The minimum atomic E-state index is -4.14. The Labute approximate surface area is 111 Å². The van der Waals surface area contributed by atoms with Gasteiger partial charge in [0.15, 0.2) is 0 Å². The Hall–Kier alpha value is -1.25. The van der Waals surface area contributed by atoms with E-state index in [4.69, 9.17) is 5.26 Å². The lowest BCUT2D eigenvalue weighted by atomic mass is 9.81. The molecule has 0 aromatic heterocycles. The minimum Gasteiger partial charge on any atom is -0.342 e. The molecule has 0 spiro atoms. The summed E-state index contributed by atoms with van der Waals surface area (Å²) >= 11 is 0. The molecule has 6 heteroatoms. The molecule has 1 atom stereocenters. The van der Waals surface area contributed by atoms with Crippen LogP contribution in [0.4, 0.5) is 13.2 Å². The van der Waals surface area contributed by atoms with Crippen LogP contribution in [0.5, 0.6) is 0 Å². The van der Waals surface area contributed by atoms with Gasteiger partial charge in [-0.05, 0) is 32.6 Å². The summed E-state index contributed by atoms with van der Waals surface area (Å²) < 4.78 is 37.6. The Balaban J connectivity index is 2.52. The standard InChI is InChI=1S/C13H19F3N2O/c1-9(7-8-17)18(2)12(19)10-3-5-11(6-4-10)13(14,15)16/h9-11H,3-7H2,1-2H3. The number of alkyl halides is 3. The van der Waals surface area contributed by atoms with Crippen LogP contribution in [-0.4, -0.2) is 30.1 Å². The number of halogens is 3. The molecule has 1 aliphatic rings. The largest absolute Gasteiger partial charge is 0.391 e. The molecule has 0 heterocycles. The van der Waals surface area contributed by atoms with Gasteiger partial charge in [-0.15, -0.1) is 0 Å². The van der Waals surface area contributed by atoms with Gasteiger partial charge in [0.05, 0.1) is 18.4 Å². The molecule has 0 bridgehead atoms. The van der Waals surface area contributed by atoms with Crippen molar-refractivity contribution in [2.75, 3.05) is 7.05 Å². The molecule has 1 fully saturated rings. The number of hydrogen-bond donors (Lipinski definition) is 0. The Morgan fingerprint density at radius 1 is 1.37 bits per heavy atom. The molecule has 0 aliphatic heterocycles. The van der Waals surface area contributed by atoms with E-state index in [2.05, 4.69) is 0 Å². The molecule has 1 amide bonds. The van der Waals surface area contributed by atoms with E-state index in [-0.39, 0.29) is 50.0 Å². The lowest BCUT2D eigenvalue weighted by Gasteiger charge is -2.33. The average Bonchev–Trinajstić information content (AvgIpc) is 2.36. The van der Waals surface area contributed by atoms with Crippen molar-refractivity contribution in [3.05, 3.63) is 0 Å². The molecule has 1 aliphatic carbocycles. The number of rotatable bonds is 3. The fourth-order valence-corrected chi connectivity index (χ4v) is 2.44. The SMILES string of the molecule is CC(CC#N)N(C)C(=O)C1CCC(C(F)(F)F)CC1. The van der Waals surface area contributed by atoms with Gasteiger partial charge in [0.25, 0.3) is 0 Å². The van der Waals surface area contributed by atoms with E-state index in [1.54, 1.807) is 14.0 Å². The Bertz CT molecular complexity index is 354. The third-order valence-electron chi connectivity index (χ3n) is 3.93. The topological polar surface area (TPSA) is 44.1 Å². The van der Waals surface area contributed by atoms with Gasteiger partial charge in [-0.3, -0.25) is 4.79 Å². The molecule has 19 heavy (non-hydrogen) atoms. The molecule has 0 radical (unpaired) electrons. The fourth-order valence-electron chi connectivity index (χ4n) is 2.44. The van der Waals surface area contributed by atoms with Gasteiger partial charge in [-0.2, -0.15) is 18.4 Å². The van der Waals surface area contributed by atoms with E-state index in [0.29, 0.717) is 0 Å². The first-order valence-corrected chi connectivity index (χ1v) is 6.47. The highest BCUT2D eigenvalue weighted by molar-refractivity contribution is 5.79. The zero-order valence-electron chi connectivity index (χ0n) is 11.2. The van der Waals surface area contributed by atoms with Crippen LogP contribution in [0.25, 0.3) is 0 Å². The summed E-state index contributed by atoms with van der Waals surface area (Å²) in [6.45, 7) is 1.77. The van der Waals surface area contributed by atoms with Crippen molar-refractivity contribution in [3.63, 3.8) is 0 Å². The molecule has 1 rings (SSSR count). The van der Waals surface area contributed by atoms with Crippen LogP contribution < -0.4 is 0 Å². The predicted octanol–water partition coefficient (Wildman–Crippen LogP) is 3.12. The van der Waals surface area contributed by atoms with Gasteiger partial charge in [-0.25, -0.2) is 0 Å². The van der Waals surface area contributed by atoms with Gasteiger partial charge in [0.2, 0.25) is 5.91 Å². The molecule has 0 aromatic carbocycles. The number of nitrogens with zero attached hydrogens (tertiary/aromatic N) is 2. The maximum absolute atomic E-state index is 12.5. The van der Waals surface area contributed by atoms with Gasteiger partial charge in [0, 0.05) is 19.0 Å². The average molecular weight is 276 g/mol. The first-order chi connectivity index (χ1) is 8.77. The molecular formula is C13H19F3N2O. The van der Waals surface area contributed by atoms with Crippen molar-refractivity contribution in [3.8, 4) is 6.07 Å². The molecular weight excluding hydrogens is 257 g/mol. The molecule has 0 saturated heterocycles. The second-order valence-corrected chi connectivity index (χ2v) is 5.25. The van der Waals surface area contributed by atoms with Crippen LogP contribution in [0, 0.1) is 23.2 Å². The summed E-state index contributed by atoms with van der Waals surface area (Å²) in [6.07, 6.45) is -3.28. The number of carbonyl (C=O) groups is 1. The number of amides is 1. The monoisotopic (exact) mass is 276 g/mol. The molecule has 1 unspecified atom stereocenters. The molecule has 3 nitrogen and oxygen atoms in total. The minimum absolute atomic E-state index is 0.0282. The van der Waals surface area contributed by atoms with E-state index in [1.165, 1.54) is 4.90 Å². The Morgan fingerprint density at radius 2 is 1.89 bits per heavy atom. The van der Waals surface area contributed by atoms with Gasteiger partial charge in [0.1, 0.15) is 0 Å². The first kappa shape index (κ1) is 15.8. The fraction of sp³-hybridized carbons (Fsp3) is 0.846. The first-order valence-electron chi connectivity index (χ1n) is 6.47. The predicted molar refractivity (Wildman–Crippen MR) is 64.0 cm³/mol. The lowest BCUT2D eigenvalue weighted by Crippen LogP contribution is -2.41. The Morgan fingerprint density at radius 3 is 2.32 bits per heavy atom. The summed E-state index contributed by atoms with van der Waals surface area (Å²) in [6, 6.07) is 1.79. The second-order valence-electron chi connectivity index (χ2n) is 5.25. The molecule has 1 saturated carbocycles. The van der Waals surface area contributed by atoms with Crippen LogP contribution in [0.2, 0.25) is 0 Å². The third kappa shape index (κ3) is 4.12. The van der Waals surface area contributed by atoms with Crippen molar-refractivity contribution >= 4 is 5.91 Å². The molecule has 108 valence electrons. The Kier molecular flexibility index (Phi) is 5.21. The van der Waals surface area contributed by atoms with Crippen molar-refractivity contribution in [2.24, 2.45) is 11.8 Å². The van der Waals surface area contributed by atoms with Crippen LogP contribution in [-0.2, 0) is 4.79 Å².